The maximum atomic E-state index is 11.6. The van der Waals surface area contributed by atoms with Crippen LogP contribution in [-0.4, -0.2) is 30.8 Å². The number of carbonyl (C=O) groups excluding carboxylic acids is 1. The molecule has 25 heavy (non-hydrogen) atoms. The lowest BCUT2D eigenvalue weighted by molar-refractivity contribution is 0.0696. The summed E-state index contributed by atoms with van der Waals surface area (Å²) in [6, 6.07) is 14.1. The highest BCUT2D eigenvalue weighted by atomic mass is 16.5. The fraction of sp³-hybridized carbons (Fsp3) is 0.158. The van der Waals surface area contributed by atoms with Gasteiger partial charge in [0.25, 0.3) is 0 Å². The van der Waals surface area contributed by atoms with Crippen molar-refractivity contribution in [1.29, 1.82) is 0 Å². The fourth-order valence-corrected chi connectivity index (χ4v) is 2.10. The van der Waals surface area contributed by atoms with Gasteiger partial charge in [-0.15, -0.1) is 0 Å². The van der Waals surface area contributed by atoms with Gasteiger partial charge in [-0.25, -0.2) is 9.59 Å². The van der Waals surface area contributed by atoms with Crippen molar-refractivity contribution in [2.24, 2.45) is 0 Å². The fourth-order valence-electron chi connectivity index (χ4n) is 2.10. The van der Waals surface area contributed by atoms with Gasteiger partial charge >= 0.3 is 12.1 Å². The summed E-state index contributed by atoms with van der Waals surface area (Å²) in [7, 11) is 1.47. The second kappa shape index (κ2) is 9.12. The third-order valence-corrected chi connectivity index (χ3v) is 3.37. The van der Waals surface area contributed by atoms with Crippen molar-refractivity contribution in [3.63, 3.8) is 0 Å². The molecule has 2 N–H and O–H groups in total. The van der Waals surface area contributed by atoms with E-state index in [0.717, 1.165) is 5.56 Å². The summed E-state index contributed by atoms with van der Waals surface area (Å²) in [6.45, 7) is 0.413. The Hall–Kier alpha value is -3.28. The zero-order chi connectivity index (χ0) is 18.1. The SMILES string of the molecule is COc1ccc(C=CCNC(=O)OCc2ccccc2)c(C(=O)O)c1. The molecule has 0 aliphatic rings. The van der Waals surface area contributed by atoms with Gasteiger partial charge in [-0.3, -0.25) is 0 Å². The van der Waals surface area contributed by atoms with Crippen molar-refractivity contribution >= 4 is 18.1 Å². The van der Waals surface area contributed by atoms with Crippen LogP contribution in [0.2, 0.25) is 0 Å². The zero-order valence-electron chi connectivity index (χ0n) is 13.8. The number of hydrogen-bond donors (Lipinski definition) is 2. The van der Waals surface area contributed by atoms with E-state index in [4.69, 9.17) is 9.47 Å². The molecular weight excluding hydrogens is 322 g/mol. The summed E-state index contributed by atoms with van der Waals surface area (Å²) in [6.07, 6.45) is 2.74. The molecule has 0 unspecified atom stereocenters. The molecule has 1 amide bonds. The molecule has 6 heteroatoms. The number of nitrogens with one attached hydrogen (secondary N) is 1. The topological polar surface area (TPSA) is 84.9 Å². The lowest BCUT2D eigenvalue weighted by atomic mass is 10.1. The Labute approximate surface area is 145 Å². The van der Waals surface area contributed by atoms with E-state index in [1.807, 2.05) is 30.3 Å². The summed E-state index contributed by atoms with van der Waals surface area (Å²) < 4.78 is 10.1. The summed E-state index contributed by atoms with van der Waals surface area (Å²) in [4.78, 5) is 22.9. The van der Waals surface area contributed by atoms with Gasteiger partial charge in [0, 0.05) is 6.54 Å². The van der Waals surface area contributed by atoms with Crippen molar-refractivity contribution in [2.75, 3.05) is 13.7 Å². The molecule has 0 radical (unpaired) electrons. The molecule has 6 nitrogen and oxygen atoms in total. The summed E-state index contributed by atoms with van der Waals surface area (Å²) in [5.74, 6) is -0.578. The molecule has 0 aliphatic carbocycles. The highest BCUT2D eigenvalue weighted by Crippen LogP contribution is 2.19. The summed E-state index contributed by atoms with van der Waals surface area (Å²) >= 11 is 0. The van der Waals surface area contributed by atoms with Crippen molar-refractivity contribution in [3.05, 3.63) is 71.3 Å². The number of carbonyl (C=O) groups is 2. The maximum absolute atomic E-state index is 11.6. The third-order valence-electron chi connectivity index (χ3n) is 3.37. The van der Waals surface area contributed by atoms with Gasteiger partial charge in [0.1, 0.15) is 12.4 Å². The first-order valence-electron chi connectivity index (χ1n) is 7.62. The first-order chi connectivity index (χ1) is 12.1. The smallest absolute Gasteiger partial charge is 0.407 e. The zero-order valence-corrected chi connectivity index (χ0v) is 13.8. The van der Waals surface area contributed by atoms with Crippen LogP contribution in [0, 0.1) is 0 Å². The Balaban J connectivity index is 1.84. The minimum atomic E-state index is -1.05. The monoisotopic (exact) mass is 341 g/mol. The number of carboxylic acids is 1. The Morgan fingerprint density at radius 2 is 1.92 bits per heavy atom. The van der Waals surface area contributed by atoms with E-state index in [-0.39, 0.29) is 18.7 Å². The van der Waals surface area contributed by atoms with Crippen molar-refractivity contribution < 1.29 is 24.2 Å². The quantitative estimate of drug-likeness (QED) is 0.807. The van der Waals surface area contributed by atoms with Crippen LogP contribution >= 0.6 is 0 Å². The standard InChI is InChI=1S/C19H19NO5/c1-24-16-10-9-15(17(12-16)18(21)22)8-5-11-20-19(23)25-13-14-6-3-2-4-7-14/h2-10,12H,11,13H2,1H3,(H,20,23)(H,21,22). The number of hydrogen-bond acceptors (Lipinski definition) is 4. The molecule has 2 aromatic carbocycles. The molecule has 0 aromatic heterocycles. The normalized spacial score (nSPS) is 10.4. The molecule has 2 aromatic rings. The van der Waals surface area contributed by atoms with E-state index in [9.17, 15) is 14.7 Å². The Morgan fingerprint density at radius 1 is 1.16 bits per heavy atom. The number of benzene rings is 2. The number of ether oxygens (including phenoxy) is 2. The van der Waals surface area contributed by atoms with E-state index in [1.54, 1.807) is 24.3 Å². The molecule has 2 rings (SSSR count). The third kappa shape index (κ3) is 5.69. The highest BCUT2D eigenvalue weighted by molar-refractivity contribution is 5.92. The predicted molar refractivity (Wildman–Crippen MR) is 93.6 cm³/mol. The van der Waals surface area contributed by atoms with Crippen molar-refractivity contribution in [3.8, 4) is 5.75 Å². The largest absolute Gasteiger partial charge is 0.497 e. The number of aromatic carboxylic acids is 1. The van der Waals surface area contributed by atoms with Crippen molar-refractivity contribution in [1.82, 2.24) is 5.32 Å². The second-order valence-electron chi connectivity index (χ2n) is 5.10. The number of methoxy groups -OCH3 is 1. The maximum Gasteiger partial charge on any atom is 0.407 e. The molecular formula is C19H19NO5. The van der Waals surface area contributed by atoms with Gasteiger partial charge in [0.2, 0.25) is 0 Å². The van der Waals surface area contributed by atoms with E-state index in [0.29, 0.717) is 11.3 Å². The van der Waals surface area contributed by atoms with Crippen LogP contribution in [0.1, 0.15) is 21.5 Å². The number of amides is 1. The lowest BCUT2D eigenvalue weighted by Gasteiger charge is -2.06. The highest BCUT2D eigenvalue weighted by Gasteiger charge is 2.09. The molecule has 0 aliphatic heterocycles. The van der Waals surface area contributed by atoms with Crippen LogP contribution in [0.15, 0.2) is 54.6 Å². The minimum absolute atomic E-state index is 0.127. The Kier molecular flexibility index (Phi) is 6.59. The van der Waals surface area contributed by atoms with Crippen molar-refractivity contribution in [2.45, 2.75) is 6.61 Å². The van der Waals surface area contributed by atoms with Gasteiger partial charge in [0.15, 0.2) is 0 Å². The molecule has 0 heterocycles. The van der Waals surface area contributed by atoms with Crippen LogP contribution in [0.25, 0.3) is 6.08 Å². The van der Waals surface area contributed by atoms with Gasteiger partial charge in [-0.2, -0.15) is 0 Å². The average molecular weight is 341 g/mol. The van der Waals surface area contributed by atoms with Gasteiger partial charge in [-0.1, -0.05) is 48.6 Å². The Bertz CT molecular complexity index is 756. The Morgan fingerprint density at radius 3 is 2.60 bits per heavy atom. The molecule has 0 saturated carbocycles. The number of rotatable bonds is 7. The van der Waals surface area contributed by atoms with Gasteiger partial charge < -0.3 is 19.9 Å². The van der Waals surface area contributed by atoms with E-state index in [2.05, 4.69) is 5.32 Å². The predicted octanol–water partition coefficient (Wildman–Crippen LogP) is 3.33. The molecule has 0 spiro atoms. The van der Waals surface area contributed by atoms with Crippen LogP contribution in [0.5, 0.6) is 5.75 Å². The molecule has 0 saturated heterocycles. The van der Waals surface area contributed by atoms with Crippen LogP contribution in [-0.2, 0) is 11.3 Å². The van der Waals surface area contributed by atoms with E-state index >= 15 is 0 Å². The van der Waals surface area contributed by atoms with E-state index in [1.165, 1.54) is 13.2 Å². The molecule has 0 atom stereocenters. The van der Waals surface area contributed by atoms with Crippen LogP contribution < -0.4 is 10.1 Å². The lowest BCUT2D eigenvalue weighted by Crippen LogP contribution is -2.24. The van der Waals surface area contributed by atoms with Crippen LogP contribution in [0.4, 0.5) is 4.79 Å². The van der Waals surface area contributed by atoms with E-state index < -0.39 is 12.1 Å². The molecule has 0 bridgehead atoms. The minimum Gasteiger partial charge on any atom is -0.497 e. The second-order valence-corrected chi connectivity index (χ2v) is 5.10. The number of carboxylic acid groups (broad SMARTS) is 1. The van der Waals surface area contributed by atoms with Gasteiger partial charge in [0.05, 0.1) is 12.7 Å². The molecule has 0 fully saturated rings. The van der Waals surface area contributed by atoms with Crippen LogP contribution in [0.3, 0.4) is 0 Å². The number of alkyl carbamates (subject to hydrolysis) is 1. The first-order valence-corrected chi connectivity index (χ1v) is 7.62. The van der Waals surface area contributed by atoms with Gasteiger partial charge in [-0.05, 0) is 23.3 Å². The summed E-state index contributed by atoms with van der Waals surface area (Å²) in [5, 5.41) is 11.8. The summed E-state index contributed by atoms with van der Waals surface area (Å²) in [5.41, 5.74) is 1.55. The molecule has 130 valence electrons. The first kappa shape index (κ1) is 18.1. The average Bonchev–Trinajstić information content (AvgIpc) is 2.64.